The van der Waals surface area contributed by atoms with Gasteiger partial charge in [0, 0.05) is 30.1 Å². The number of hydrogen-bond donors (Lipinski definition) is 0. The third-order valence-corrected chi connectivity index (χ3v) is 3.54. The fourth-order valence-electron chi connectivity index (χ4n) is 2.18. The van der Waals surface area contributed by atoms with Gasteiger partial charge in [0.15, 0.2) is 0 Å². The molecule has 0 spiro atoms. The van der Waals surface area contributed by atoms with Gasteiger partial charge >= 0.3 is 0 Å². The van der Waals surface area contributed by atoms with Crippen LogP contribution in [0.25, 0.3) is 0 Å². The second kappa shape index (κ2) is 7.72. The molecule has 0 aromatic carbocycles. The summed E-state index contributed by atoms with van der Waals surface area (Å²) in [6.45, 7) is 7.97. The normalized spacial score (nSPS) is 12.0. The van der Waals surface area contributed by atoms with Crippen LogP contribution < -0.4 is 9.64 Å². The van der Waals surface area contributed by atoms with E-state index in [1.165, 1.54) is 0 Å². The molecule has 2 aromatic heterocycles. The van der Waals surface area contributed by atoms with E-state index in [0.717, 1.165) is 12.1 Å². The molecule has 1 atom stereocenters. The summed E-state index contributed by atoms with van der Waals surface area (Å²) in [6, 6.07) is 7.11. The summed E-state index contributed by atoms with van der Waals surface area (Å²) in [7, 11) is 0. The Morgan fingerprint density at radius 3 is 2.65 bits per heavy atom. The Hall–Kier alpha value is -2.43. The van der Waals surface area contributed by atoms with Crippen LogP contribution in [-0.2, 0) is 0 Å². The van der Waals surface area contributed by atoms with E-state index in [0.29, 0.717) is 11.4 Å². The number of anilines is 1. The first kappa shape index (κ1) is 16.9. The van der Waals surface area contributed by atoms with E-state index < -0.39 is 0 Å². The Morgan fingerprint density at radius 1 is 1.26 bits per heavy atom. The monoisotopic (exact) mass is 313 g/mol. The topological polar surface area (TPSA) is 55.3 Å². The molecule has 0 unspecified atom stereocenters. The lowest BCUT2D eigenvalue weighted by molar-refractivity contribution is 0.0979. The average Bonchev–Trinajstić information content (AvgIpc) is 2.55. The van der Waals surface area contributed by atoms with Crippen molar-refractivity contribution in [3.05, 3.63) is 48.4 Å². The van der Waals surface area contributed by atoms with Crippen LogP contribution in [0.2, 0.25) is 0 Å². The summed E-state index contributed by atoms with van der Waals surface area (Å²) in [5.41, 5.74) is 1.32. The highest BCUT2D eigenvalue weighted by Gasteiger charge is 2.21. The Kier molecular flexibility index (Phi) is 5.68. The van der Waals surface area contributed by atoms with Gasteiger partial charge in [0.05, 0.1) is 18.0 Å². The maximum atomic E-state index is 12.9. The molecule has 5 heteroatoms. The molecule has 2 aromatic rings. The summed E-state index contributed by atoms with van der Waals surface area (Å²) >= 11 is 0. The van der Waals surface area contributed by atoms with Crippen LogP contribution in [0.4, 0.5) is 5.69 Å². The number of aromatic nitrogens is 2. The van der Waals surface area contributed by atoms with E-state index in [9.17, 15) is 4.79 Å². The van der Waals surface area contributed by atoms with Crippen molar-refractivity contribution >= 4 is 11.6 Å². The van der Waals surface area contributed by atoms with Gasteiger partial charge in [-0.05, 0) is 45.4 Å². The second-order valence-corrected chi connectivity index (χ2v) is 5.70. The Morgan fingerprint density at radius 2 is 2.04 bits per heavy atom. The van der Waals surface area contributed by atoms with E-state index in [1.54, 1.807) is 35.6 Å². The van der Waals surface area contributed by atoms with Crippen LogP contribution in [-0.4, -0.2) is 28.0 Å². The maximum Gasteiger partial charge on any atom is 0.258 e. The quantitative estimate of drug-likeness (QED) is 0.816. The molecule has 0 fully saturated rings. The highest BCUT2D eigenvalue weighted by Crippen LogP contribution is 2.20. The molecule has 2 heterocycles. The van der Waals surface area contributed by atoms with Crippen molar-refractivity contribution in [1.82, 2.24) is 9.97 Å². The lowest BCUT2D eigenvalue weighted by Gasteiger charge is -2.26. The minimum atomic E-state index is -0.0931. The maximum absolute atomic E-state index is 12.9. The number of nitrogens with zero attached hydrogens (tertiary/aromatic N) is 3. The molecule has 23 heavy (non-hydrogen) atoms. The van der Waals surface area contributed by atoms with Crippen molar-refractivity contribution in [3.63, 3.8) is 0 Å². The van der Waals surface area contributed by atoms with Crippen molar-refractivity contribution in [2.45, 2.75) is 46.3 Å². The zero-order chi connectivity index (χ0) is 16.8. The van der Waals surface area contributed by atoms with Gasteiger partial charge in [-0.2, -0.15) is 0 Å². The van der Waals surface area contributed by atoms with Crippen LogP contribution in [0.1, 0.15) is 44.5 Å². The molecule has 0 saturated carbocycles. The predicted octanol–water partition coefficient (Wildman–Crippen LogP) is 3.71. The van der Waals surface area contributed by atoms with Crippen molar-refractivity contribution in [2.24, 2.45) is 0 Å². The molecule has 1 amide bonds. The van der Waals surface area contributed by atoms with Gasteiger partial charge in [-0.1, -0.05) is 6.92 Å². The highest BCUT2D eigenvalue weighted by molar-refractivity contribution is 6.06. The predicted molar refractivity (Wildman–Crippen MR) is 90.8 cm³/mol. The summed E-state index contributed by atoms with van der Waals surface area (Å²) in [5.74, 6) is 0.379. The van der Waals surface area contributed by atoms with E-state index in [1.807, 2.05) is 39.8 Å². The minimum absolute atomic E-state index is 0.0128. The molecule has 0 N–H and O–H groups in total. The van der Waals surface area contributed by atoms with Gasteiger partial charge in [-0.3, -0.25) is 9.78 Å². The summed E-state index contributed by atoms with van der Waals surface area (Å²) in [6.07, 6.45) is 5.93. The Balaban J connectivity index is 2.29. The molecule has 5 nitrogen and oxygen atoms in total. The molecule has 0 saturated heterocycles. The smallest absolute Gasteiger partial charge is 0.258 e. The van der Waals surface area contributed by atoms with Gasteiger partial charge < -0.3 is 9.64 Å². The van der Waals surface area contributed by atoms with Crippen LogP contribution in [0.15, 0.2) is 42.9 Å². The highest BCUT2D eigenvalue weighted by atomic mass is 16.5. The lowest BCUT2D eigenvalue weighted by Crippen LogP contribution is -2.37. The summed E-state index contributed by atoms with van der Waals surface area (Å²) in [5, 5.41) is 0. The zero-order valence-electron chi connectivity index (χ0n) is 14.1. The van der Waals surface area contributed by atoms with E-state index in [2.05, 4.69) is 9.97 Å². The third kappa shape index (κ3) is 4.28. The molecule has 0 aliphatic carbocycles. The van der Waals surface area contributed by atoms with Crippen LogP contribution >= 0.6 is 0 Å². The molecule has 0 aliphatic heterocycles. The average molecular weight is 313 g/mol. The second-order valence-electron chi connectivity index (χ2n) is 5.70. The van der Waals surface area contributed by atoms with Crippen LogP contribution in [0, 0.1) is 0 Å². The number of pyridine rings is 2. The van der Waals surface area contributed by atoms with Gasteiger partial charge in [0.25, 0.3) is 5.91 Å². The Labute approximate surface area is 137 Å². The van der Waals surface area contributed by atoms with Gasteiger partial charge in [-0.15, -0.1) is 0 Å². The Bertz CT molecular complexity index is 644. The molecular formula is C18H23N3O2. The number of carbonyl (C=O) groups is 1. The lowest BCUT2D eigenvalue weighted by atomic mass is 10.2. The SMILES string of the molecule is CC[C@@H](C)Oc1cc(C(=O)N(c2cccnc2)C(C)C)ccn1. The molecular weight excluding hydrogens is 290 g/mol. The standard InChI is InChI=1S/C18H23N3O2/c1-5-14(4)23-17-11-15(8-10-20-17)18(22)21(13(2)3)16-7-6-9-19-12-16/h6-14H,5H2,1-4H3/t14-/m1/s1. The van der Waals surface area contributed by atoms with Crippen LogP contribution in [0.5, 0.6) is 5.88 Å². The summed E-state index contributed by atoms with van der Waals surface area (Å²) in [4.78, 5) is 22.9. The first-order valence-corrected chi connectivity index (χ1v) is 7.89. The fourth-order valence-corrected chi connectivity index (χ4v) is 2.18. The van der Waals surface area contributed by atoms with Crippen molar-refractivity contribution < 1.29 is 9.53 Å². The number of hydrogen-bond acceptors (Lipinski definition) is 4. The molecule has 0 radical (unpaired) electrons. The van der Waals surface area contributed by atoms with Gasteiger partial charge in [0.1, 0.15) is 0 Å². The van der Waals surface area contributed by atoms with E-state index in [-0.39, 0.29) is 18.1 Å². The number of amides is 1. The van der Waals surface area contributed by atoms with Crippen molar-refractivity contribution in [1.29, 1.82) is 0 Å². The number of rotatable bonds is 6. The minimum Gasteiger partial charge on any atom is -0.475 e. The van der Waals surface area contributed by atoms with E-state index >= 15 is 0 Å². The van der Waals surface area contributed by atoms with E-state index in [4.69, 9.17) is 4.74 Å². The largest absolute Gasteiger partial charge is 0.475 e. The number of carbonyl (C=O) groups excluding carboxylic acids is 1. The zero-order valence-corrected chi connectivity index (χ0v) is 14.1. The van der Waals surface area contributed by atoms with Crippen molar-refractivity contribution in [3.8, 4) is 5.88 Å². The first-order chi connectivity index (χ1) is 11.0. The first-order valence-electron chi connectivity index (χ1n) is 7.89. The molecule has 122 valence electrons. The third-order valence-electron chi connectivity index (χ3n) is 3.54. The number of ether oxygens (including phenoxy) is 1. The van der Waals surface area contributed by atoms with Gasteiger partial charge in [-0.25, -0.2) is 4.98 Å². The molecule has 0 bridgehead atoms. The van der Waals surface area contributed by atoms with Crippen molar-refractivity contribution in [2.75, 3.05) is 4.90 Å². The van der Waals surface area contributed by atoms with Gasteiger partial charge in [0.2, 0.25) is 5.88 Å². The van der Waals surface area contributed by atoms with Crippen LogP contribution in [0.3, 0.4) is 0 Å². The molecule has 2 rings (SSSR count). The summed E-state index contributed by atoms with van der Waals surface area (Å²) < 4.78 is 5.71. The molecule has 0 aliphatic rings. The fraction of sp³-hybridized carbons (Fsp3) is 0.389.